The molecule has 2 atom stereocenters. The van der Waals surface area contributed by atoms with Gasteiger partial charge >= 0.3 is 0 Å². The van der Waals surface area contributed by atoms with E-state index in [-0.39, 0.29) is 6.04 Å². The fourth-order valence-electron chi connectivity index (χ4n) is 2.87. The molecule has 0 amide bonds. The van der Waals surface area contributed by atoms with Gasteiger partial charge in [-0.2, -0.15) is 0 Å². The molecule has 0 saturated carbocycles. The molecule has 1 saturated heterocycles. The Bertz CT molecular complexity index is 375. The molecule has 2 rings (SSSR count). The molecule has 1 fully saturated rings. The van der Waals surface area contributed by atoms with Crippen molar-refractivity contribution in [3.63, 3.8) is 0 Å². The third-order valence-corrected chi connectivity index (χ3v) is 4.58. The fourth-order valence-corrected chi connectivity index (χ4v) is 3.28. The van der Waals surface area contributed by atoms with Crippen molar-refractivity contribution in [2.45, 2.75) is 49.7 Å². The van der Waals surface area contributed by atoms with Crippen LogP contribution in [0.15, 0.2) is 29.2 Å². The second-order valence-corrected chi connectivity index (χ2v) is 6.24. The molecule has 1 heterocycles. The summed E-state index contributed by atoms with van der Waals surface area (Å²) in [6, 6.07) is 10.1. The molecule has 100 valence electrons. The van der Waals surface area contributed by atoms with Gasteiger partial charge in [0.25, 0.3) is 0 Å². The SMILES string of the molecule is CSc1ccc(C2C(N)CCCN2C(C)C)cc1. The van der Waals surface area contributed by atoms with Gasteiger partial charge in [0, 0.05) is 17.0 Å². The highest BCUT2D eigenvalue weighted by molar-refractivity contribution is 7.98. The highest BCUT2D eigenvalue weighted by atomic mass is 32.2. The van der Waals surface area contributed by atoms with E-state index in [1.54, 1.807) is 11.8 Å². The molecule has 1 aliphatic rings. The van der Waals surface area contributed by atoms with Crippen LogP contribution in [0.2, 0.25) is 0 Å². The quantitative estimate of drug-likeness (QED) is 0.850. The number of nitrogens with two attached hydrogens (primary N) is 1. The molecule has 1 aliphatic heterocycles. The molecule has 1 aromatic rings. The van der Waals surface area contributed by atoms with E-state index in [4.69, 9.17) is 5.73 Å². The van der Waals surface area contributed by atoms with Crippen LogP contribution in [0.4, 0.5) is 0 Å². The van der Waals surface area contributed by atoms with Crippen molar-refractivity contribution in [3.05, 3.63) is 29.8 Å². The van der Waals surface area contributed by atoms with Gasteiger partial charge in [-0.15, -0.1) is 11.8 Å². The first kappa shape index (κ1) is 13.9. The summed E-state index contributed by atoms with van der Waals surface area (Å²) in [6.45, 7) is 5.70. The Kier molecular flexibility index (Phi) is 4.71. The molecule has 0 radical (unpaired) electrons. The van der Waals surface area contributed by atoms with E-state index < -0.39 is 0 Å². The first-order chi connectivity index (χ1) is 8.63. The second kappa shape index (κ2) is 6.09. The zero-order chi connectivity index (χ0) is 13.1. The van der Waals surface area contributed by atoms with Crippen molar-refractivity contribution in [3.8, 4) is 0 Å². The monoisotopic (exact) mass is 264 g/mol. The second-order valence-electron chi connectivity index (χ2n) is 5.36. The molecule has 2 unspecified atom stereocenters. The summed E-state index contributed by atoms with van der Waals surface area (Å²) in [6.07, 6.45) is 4.47. The highest BCUT2D eigenvalue weighted by Gasteiger charge is 2.31. The summed E-state index contributed by atoms with van der Waals surface area (Å²) < 4.78 is 0. The number of piperidine rings is 1. The van der Waals surface area contributed by atoms with E-state index in [9.17, 15) is 0 Å². The molecule has 18 heavy (non-hydrogen) atoms. The summed E-state index contributed by atoms with van der Waals surface area (Å²) in [7, 11) is 0. The Labute approximate surface area is 115 Å². The van der Waals surface area contributed by atoms with Gasteiger partial charge in [0.15, 0.2) is 0 Å². The van der Waals surface area contributed by atoms with Gasteiger partial charge in [-0.1, -0.05) is 12.1 Å². The minimum Gasteiger partial charge on any atom is -0.326 e. The van der Waals surface area contributed by atoms with Gasteiger partial charge in [0.2, 0.25) is 0 Å². The average Bonchev–Trinajstić information content (AvgIpc) is 2.38. The van der Waals surface area contributed by atoms with Gasteiger partial charge in [-0.05, 0) is 57.2 Å². The van der Waals surface area contributed by atoms with Gasteiger partial charge < -0.3 is 5.73 Å². The van der Waals surface area contributed by atoms with Crippen LogP contribution >= 0.6 is 11.8 Å². The maximum atomic E-state index is 6.36. The van der Waals surface area contributed by atoms with Gasteiger partial charge in [-0.3, -0.25) is 4.90 Å². The van der Waals surface area contributed by atoms with Crippen molar-refractivity contribution >= 4 is 11.8 Å². The molecule has 2 nitrogen and oxygen atoms in total. The number of likely N-dealkylation sites (tertiary alicyclic amines) is 1. The maximum absolute atomic E-state index is 6.36. The van der Waals surface area contributed by atoms with Gasteiger partial charge in [0.1, 0.15) is 0 Å². The zero-order valence-electron chi connectivity index (χ0n) is 11.6. The smallest absolute Gasteiger partial charge is 0.0501 e. The van der Waals surface area contributed by atoms with Crippen LogP contribution in [0.25, 0.3) is 0 Å². The van der Waals surface area contributed by atoms with Crippen LogP contribution < -0.4 is 5.73 Å². The molecule has 2 N–H and O–H groups in total. The molecule has 0 aromatic heterocycles. The fraction of sp³-hybridized carbons (Fsp3) is 0.600. The predicted molar refractivity (Wildman–Crippen MR) is 80.0 cm³/mol. The molecule has 0 spiro atoms. The lowest BCUT2D eigenvalue weighted by Gasteiger charge is -2.42. The zero-order valence-corrected chi connectivity index (χ0v) is 12.4. The van der Waals surface area contributed by atoms with Crippen LogP contribution in [0.5, 0.6) is 0 Å². The Morgan fingerprint density at radius 1 is 1.28 bits per heavy atom. The lowest BCUT2D eigenvalue weighted by atomic mass is 9.90. The van der Waals surface area contributed by atoms with Crippen molar-refractivity contribution in [1.29, 1.82) is 0 Å². The standard InChI is InChI=1S/C15H24N2S/c1-11(2)17-10-4-5-14(16)15(17)12-6-8-13(18-3)9-7-12/h6-9,11,14-15H,4-5,10,16H2,1-3H3. The number of hydrogen-bond acceptors (Lipinski definition) is 3. The Morgan fingerprint density at radius 3 is 2.50 bits per heavy atom. The normalized spacial score (nSPS) is 25.6. The van der Waals surface area contributed by atoms with Crippen LogP contribution in [-0.4, -0.2) is 29.8 Å². The van der Waals surface area contributed by atoms with E-state index in [2.05, 4.69) is 49.3 Å². The van der Waals surface area contributed by atoms with Crippen LogP contribution in [0.1, 0.15) is 38.3 Å². The van der Waals surface area contributed by atoms with E-state index in [1.165, 1.54) is 23.4 Å². The highest BCUT2D eigenvalue weighted by Crippen LogP contribution is 2.32. The van der Waals surface area contributed by atoms with Crippen LogP contribution in [0.3, 0.4) is 0 Å². The molecule has 3 heteroatoms. The number of benzene rings is 1. The van der Waals surface area contributed by atoms with E-state index in [0.717, 1.165) is 6.42 Å². The molecule has 0 bridgehead atoms. The average molecular weight is 264 g/mol. The lowest BCUT2D eigenvalue weighted by molar-refractivity contribution is 0.0947. The van der Waals surface area contributed by atoms with Crippen molar-refractivity contribution in [1.82, 2.24) is 4.90 Å². The Morgan fingerprint density at radius 2 is 1.94 bits per heavy atom. The largest absolute Gasteiger partial charge is 0.326 e. The number of hydrogen-bond donors (Lipinski definition) is 1. The Balaban J connectivity index is 2.25. The molecular formula is C15H24N2S. The molecule has 0 aliphatic carbocycles. The maximum Gasteiger partial charge on any atom is 0.0501 e. The third-order valence-electron chi connectivity index (χ3n) is 3.84. The lowest BCUT2D eigenvalue weighted by Crippen LogP contribution is -2.48. The summed E-state index contributed by atoms with van der Waals surface area (Å²) in [4.78, 5) is 3.86. The van der Waals surface area contributed by atoms with Crippen molar-refractivity contribution in [2.75, 3.05) is 12.8 Å². The summed E-state index contributed by atoms with van der Waals surface area (Å²) >= 11 is 1.79. The summed E-state index contributed by atoms with van der Waals surface area (Å²) in [5.41, 5.74) is 7.73. The summed E-state index contributed by atoms with van der Waals surface area (Å²) in [5, 5.41) is 0. The first-order valence-corrected chi connectivity index (χ1v) is 8.01. The minimum atomic E-state index is 0.265. The first-order valence-electron chi connectivity index (χ1n) is 6.78. The van der Waals surface area contributed by atoms with Gasteiger partial charge in [0.05, 0.1) is 6.04 Å². The topological polar surface area (TPSA) is 29.3 Å². The third kappa shape index (κ3) is 2.90. The van der Waals surface area contributed by atoms with Crippen molar-refractivity contribution in [2.24, 2.45) is 5.73 Å². The number of nitrogens with zero attached hydrogens (tertiary/aromatic N) is 1. The van der Waals surface area contributed by atoms with E-state index in [0.29, 0.717) is 12.1 Å². The van der Waals surface area contributed by atoms with Crippen molar-refractivity contribution < 1.29 is 0 Å². The Hall–Kier alpha value is -0.510. The molecule has 1 aromatic carbocycles. The van der Waals surface area contributed by atoms with Crippen LogP contribution in [-0.2, 0) is 0 Å². The van der Waals surface area contributed by atoms with E-state index in [1.807, 2.05) is 0 Å². The summed E-state index contributed by atoms with van der Waals surface area (Å²) in [5.74, 6) is 0. The number of thioether (sulfide) groups is 1. The molecular weight excluding hydrogens is 240 g/mol. The number of rotatable bonds is 3. The predicted octanol–water partition coefficient (Wildman–Crippen LogP) is 3.28. The minimum absolute atomic E-state index is 0.265. The van der Waals surface area contributed by atoms with Gasteiger partial charge in [-0.25, -0.2) is 0 Å². The van der Waals surface area contributed by atoms with Crippen LogP contribution in [0, 0.1) is 0 Å². The van der Waals surface area contributed by atoms with E-state index >= 15 is 0 Å².